The van der Waals surface area contributed by atoms with Gasteiger partial charge in [-0.25, -0.2) is 0 Å². The SMILES string of the molecule is COc1cc([B-](F)(F)F)c(C)cc1S(=O)(=O)F. The second kappa shape index (κ2) is 4.21. The highest BCUT2D eigenvalue weighted by Crippen LogP contribution is 2.27. The van der Waals surface area contributed by atoms with Crippen LogP contribution in [0.15, 0.2) is 17.0 Å². The van der Waals surface area contributed by atoms with E-state index in [-0.39, 0.29) is 5.56 Å². The van der Waals surface area contributed by atoms with Gasteiger partial charge in [-0.05, 0) is 19.1 Å². The summed E-state index contributed by atoms with van der Waals surface area (Å²) in [5.41, 5.74) is -1.37. The Morgan fingerprint density at radius 3 is 2.12 bits per heavy atom. The third-order valence-electron chi connectivity index (χ3n) is 2.17. The molecule has 0 aliphatic rings. The predicted molar refractivity (Wildman–Crippen MR) is 54.7 cm³/mol. The van der Waals surface area contributed by atoms with Gasteiger partial charge in [0.05, 0.1) is 7.11 Å². The Labute approximate surface area is 95.7 Å². The van der Waals surface area contributed by atoms with Gasteiger partial charge >= 0.3 is 17.2 Å². The van der Waals surface area contributed by atoms with Gasteiger partial charge in [-0.1, -0.05) is 5.56 Å². The van der Waals surface area contributed by atoms with E-state index >= 15 is 0 Å². The van der Waals surface area contributed by atoms with Crippen molar-refractivity contribution in [2.75, 3.05) is 7.11 Å². The maximum absolute atomic E-state index is 12.8. The van der Waals surface area contributed by atoms with Crippen LogP contribution in [0.25, 0.3) is 0 Å². The maximum Gasteiger partial charge on any atom is 0.510 e. The molecule has 17 heavy (non-hydrogen) atoms. The Bertz CT molecular complexity index is 538. The number of hydrogen-bond donors (Lipinski definition) is 0. The number of ether oxygens (including phenoxy) is 1. The lowest BCUT2D eigenvalue weighted by Crippen LogP contribution is -2.36. The average molecular weight is 271 g/mol. The minimum atomic E-state index is -5.31. The Balaban J connectivity index is 3.57. The largest absolute Gasteiger partial charge is 0.510 e. The normalized spacial score (nSPS) is 12.6. The van der Waals surface area contributed by atoms with Crippen LogP contribution < -0.4 is 10.2 Å². The highest BCUT2D eigenvalue weighted by molar-refractivity contribution is 7.86. The van der Waals surface area contributed by atoms with E-state index < -0.39 is 33.3 Å². The Morgan fingerprint density at radius 2 is 1.76 bits per heavy atom. The first-order valence-electron chi connectivity index (χ1n) is 4.40. The minimum Gasteiger partial charge on any atom is -0.495 e. The summed E-state index contributed by atoms with van der Waals surface area (Å²) in [6.45, 7) is -4.25. The smallest absolute Gasteiger partial charge is 0.495 e. The molecule has 0 saturated carbocycles. The molecule has 0 radical (unpaired) electrons. The van der Waals surface area contributed by atoms with Crippen LogP contribution in [0, 0.1) is 6.92 Å². The molecule has 0 unspecified atom stereocenters. The molecule has 0 atom stereocenters. The summed E-state index contributed by atoms with van der Waals surface area (Å²) in [7, 11) is -4.15. The number of benzene rings is 1. The summed E-state index contributed by atoms with van der Waals surface area (Å²) < 4.78 is 76.3. The molecule has 0 heterocycles. The lowest BCUT2D eigenvalue weighted by molar-refractivity contribution is 0.400. The van der Waals surface area contributed by atoms with Crippen molar-refractivity contribution in [1.82, 2.24) is 0 Å². The highest BCUT2D eigenvalue weighted by atomic mass is 32.3. The molecular weight excluding hydrogens is 263 g/mol. The summed E-state index contributed by atoms with van der Waals surface area (Å²) in [4.78, 5) is -0.902. The summed E-state index contributed by atoms with van der Waals surface area (Å²) in [5.74, 6) is -0.660. The zero-order chi connectivity index (χ0) is 13.4. The molecule has 0 bridgehead atoms. The first-order chi connectivity index (χ1) is 7.57. The fourth-order valence-electron chi connectivity index (χ4n) is 1.38. The zero-order valence-electron chi connectivity index (χ0n) is 8.88. The van der Waals surface area contributed by atoms with Crippen molar-refractivity contribution in [2.45, 2.75) is 11.8 Å². The Hall–Kier alpha value is -1.25. The van der Waals surface area contributed by atoms with Gasteiger partial charge in [-0.3, -0.25) is 0 Å². The molecule has 0 fully saturated rings. The minimum absolute atomic E-state index is 0.366. The van der Waals surface area contributed by atoms with Gasteiger partial charge in [0.15, 0.2) is 0 Å². The number of hydrogen-bond acceptors (Lipinski definition) is 3. The van der Waals surface area contributed by atoms with E-state index in [1.165, 1.54) is 0 Å². The van der Waals surface area contributed by atoms with Crippen LogP contribution in [0.3, 0.4) is 0 Å². The molecule has 9 heteroatoms. The van der Waals surface area contributed by atoms with Crippen molar-refractivity contribution in [3.8, 4) is 5.75 Å². The van der Waals surface area contributed by atoms with E-state index in [1.54, 1.807) is 0 Å². The van der Waals surface area contributed by atoms with Gasteiger partial charge in [0.25, 0.3) is 0 Å². The topological polar surface area (TPSA) is 43.4 Å². The molecule has 1 aromatic rings. The monoisotopic (exact) mass is 271 g/mol. The fourth-order valence-corrected chi connectivity index (χ4v) is 2.08. The third kappa shape index (κ3) is 2.90. The molecule has 1 aromatic carbocycles. The number of aryl methyl sites for hydroxylation is 1. The second-order valence-corrected chi connectivity index (χ2v) is 4.69. The van der Waals surface area contributed by atoms with Gasteiger partial charge in [-0.15, -0.1) is 9.35 Å². The molecule has 0 aliphatic heterocycles. The van der Waals surface area contributed by atoms with Crippen molar-refractivity contribution in [3.63, 3.8) is 0 Å². The molecule has 0 spiro atoms. The quantitative estimate of drug-likeness (QED) is 0.477. The lowest BCUT2D eigenvalue weighted by Gasteiger charge is -2.19. The van der Waals surface area contributed by atoms with Gasteiger partial charge in [0.1, 0.15) is 10.6 Å². The summed E-state index contributed by atoms with van der Waals surface area (Å²) in [6.07, 6.45) is 0. The molecule has 0 saturated heterocycles. The Morgan fingerprint density at radius 1 is 1.24 bits per heavy atom. The molecule has 96 valence electrons. The van der Waals surface area contributed by atoms with Gasteiger partial charge in [-0.2, -0.15) is 8.42 Å². The summed E-state index contributed by atoms with van der Waals surface area (Å²) in [6, 6.07) is 1.10. The number of rotatable bonds is 3. The van der Waals surface area contributed by atoms with E-state index in [0.29, 0.717) is 12.1 Å². The first-order valence-corrected chi connectivity index (χ1v) is 5.79. The van der Waals surface area contributed by atoms with Crippen LogP contribution in [0.1, 0.15) is 5.56 Å². The molecule has 1 rings (SSSR count). The molecule has 0 aromatic heterocycles. The highest BCUT2D eigenvalue weighted by Gasteiger charge is 2.30. The molecule has 0 N–H and O–H groups in total. The van der Waals surface area contributed by atoms with Crippen LogP contribution in [-0.4, -0.2) is 22.5 Å². The third-order valence-corrected chi connectivity index (χ3v) is 3.01. The predicted octanol–water partition coefficient (Wildman–Crippen LogP) is 1.72. The van der Waals surface area contributed by atoms with Gasteiger partial charge < -0.3 is 17.7 Å². The maximum atomic E-state index is 12.8. The lowest BCUT2D eigenvalue weighted by atomic mass is 9.77. The molecule has 0 amide bonds. The molecule has 0 aliphatic carbocycles. The average Bonchev–Trinajstić information content (AvgIpc) is 2.14. The zero-order valence-corrected chi connectivity index (χ0v) is 9.69. The first kappa shape index (κ1) is 13.8. The van der Waals surface area contributed by atoms with Crippen LogP contribution >= 0.6 is 0 Å². The summed E-state index contributed by atoms with van der Waals surface area (Å²) >= 11 is 0. The number of halogens is 4. The van der Waals surface area contributed by atoms with Crippen molar-refractivity contribution in [2.24, 2.45) is 0 Å². The van der Waals surface area contributed by atoms with Crippen LogP contribution in [0.4, 0.5) is 16.8 Å². The standard InChI is InChI=1S/C8H8BF4O3S/c1-5-3-8(17(13,14)15)7(16-2)4-6(5)9(10,11)12/h3-4H,1-2H3/q-1. The van der Waals surface area contributed by atoms with Gasteiger partial charge in [0, 0.05) is 0 Å². The van der Waals surface area contributed by atoms with Crippen molar-refractivity contribution >= 4 is 22.7 Å². The van der Waals surface area contributed by atoms with Crippen LogP contribution in [0.2, 0.25) is 0 Å². The van der Waals surface area contributed by atoms with E-state index in [1.807, 2.05) is 0 Å². The van der Waals surface area contributed by atoms with E-state index in [0.717, 1.165) is 14.0 Å². The van der Waals surface area contributed by atoms with Crippen molar-refractivity contribution in [1.29, 1.82) is 0 Å². The van der Waals surface area contributed by atoms with Crippen molar-refractivity contribution < 1.29 is 30.0 Å². The van der Waals surface area contributed by atoms with Gasteiger partial charge in [0.2, 0.25) is 0 Å². The van der Waals surface area contributed by atoms with E-state index in [9.17, 15) is 25.3 Å². The van der Waals surface area contributed by atoms with E-state index in [2.05, 4.69) is 4.74 Å². The van der Waals surface area contributed by atoms with Crippen molar-refractivity contribution in [3.05, 3.63) is 17.7 Å². The van der Waals surface area contributed by atoms with Crippen LogP contribution in [-0.2, 0) is 10.2 Å². The second-order valence-electron chi connectivity index (χ2n) is 3.37. The fraction of sp³-hybridized carbons (Fsp3) is 0.250. The summed E-state index contributed by atoms with van der Waals surface area (Å²) in [5, 5.41) is 0. The number of methoxy groups -OCH3 is 1. The van der Waals surface area contributed by atoms with E-state index in [4.69, 9.17) is 0 Å². The molecular formula is C8H8BF4O3S-. The Kier molecular flexibility index (Phi) is 3.42. The van der Waals surface area contributed by atoms with Crippen LogP contribution in [0.5, 0.6) is 5.75 Å². The molecule has 3 nitrogen and oxygen atoms in total.